The SMILES string of the molecule is COc1ccc(NC(=O)c2cc3c(s2)-c2ccccc2CC3)cc1-n1nnnc1C. The number of carbonyl (C=O) groups excluding carboxylic acids is 1. The third-order valence-electron chi connectivity index (χ3n) is 5.25. The summed E-state index contributed by atoms with van der Waals surface area (Å²) >= 11 is 1.54. The van der Waals surface area contributed by atoms with Crippen molar-refractivity contribution in [2.24, 2.45) is 0 Å². The molecular formula is C22H19N5O2S. The fourth-order valence-corrected chi connectivity index (χ4v) is 4.93. The molecule has 1 N–H and O–H groups in total. The lowest BCUT2D eigenvalue weighted by molar-refractivity contribution is 0.103. The van der Waals surface area contributed by atoms with Crippen molar-refractivity contribution >= 4 is 22.9 Å². The Balaban J connectivity index is 1.45. The summed E-state index contributed by atoms with van der Waals surface area (Å²) in [6, 6.07) is 15.8. The number of fused-ring (bicyclic) bond motifs is 3. The van der Waals surface area contributed by atoms with Crippen molar-refractivity contribution in [3.8, 4) is 21.9 Å². The predicted molar refractivity (Wildman–Crippen MR) is 116 cm³/mol. The summed E-state index contributed by atoms with van der Waals surface area (Å²) in [5.41, 5.74) is 5.14. The zero-order valence-corrected chi connectivity index (χ0v) is 17.4. The van der Waals surface area contributed by atoms with E-state index in [9.17, 15) is 4.79 Å². The Morgan fingerprint density at radius 2 is 1.97 bits per heavy atom. The van der Waals surface area contributed by atoms with E-state index in [4.69, 9.17) is 4.74 Å². The summed E-state index contributed by atoms with van der Waals surface area (Å²) in [6.07, 6.45) is 1.97. The molecule has 0 unspecified atom stereocenters. The first-order valence-corrected chi connectivity index (χ1v) is 10.4. The number of hydrogen-bond donors (Lipinski definition) is 1. The fraction of sp³-hybridized carbons (Fsp3) is 0.182. The Hall–Kier alpha value is -3.52. The maximum absolute atomic E-state index is 13.0. The van der Waals surface area contributed by atoms with Crippen molar-refractivity contribution in [1.29, 1.82) is 0 Å². The monoisotopic (exact) mass is 417 g/mol. The third-order valence-corrected chi connectivity index (χ3v) is 6.46. The molecule has 0 saturated carbocycles. The van der Waals surface area contributed by atoms with Crippen LogP contribution in [0.4, 0.5) is 5.69 Å². The number of anilines is 1. The lowest BCUT2D eigenvalue weighted by Crippen LogP contribution is -2.11. The highest BCUT2D eigenvalue weighted by Crippen LogP contribution is 2.39. The second-order valence-electron chi connectivity index (χ2n) is 7.10. The van der Waals surface area contributed by atoms with E-state index >= 15 is 0 Å². The van der Waals surface area contributed by atoms with Gasteiger partial charge in [-0.1, -0.05) is 24.3 Å². The molecule has 1 aliphatic rings. The molecule has 1 amide bonds. The number of aryl methyl sites for hydroxylation is 3. The smallest absolute Gasteiger partial charge is 0.265 e. The van der Waals surface area contributed by atoms with Crippen LogP contribution in [0.15, 0.2) is 48.5 Å². The number of hydrogen-bond acceptors (Lipinski definition) is 6. The quantitative estimate of drug-likeness (QED) is 0.542. The maximum Gasteiger partial charge on any atom is 0.265 e. The molecule has 5 rings (SSSR count). The number of benzene rings is 2. The van der Waals surface area contributed by atoms with E-state index in [-0.39, 0.29) is 5.91 Å². The first kappa shape index (κ1) is 18.5. The standard InChI is InChI=1S/C22H19N5O2S/c1-13-24-25-26-27(13)18-12-16(9-10-19(18)29-2)23-22(28)20-11-15-8-7-14-5-3-4-6-17(14)21(15)30-20/h3-6,9-12H,7-8H2,1-2H3,(H,23,28). The number of ether oxygens (including phenoxy) is 1. The van der Waals surface area contributed by atoms with Crippen LogP contribution in [0.5, 0.6) is 5.75 Å². The largest absolute Gasteiger partial charge is 0.494 e. The topological polar surface area (TPSA) is 81.9 Å². The highest BCUT2D eigenvalue weighted by Gasteiger charge is 2.21. The molecule has 0 atom stereocenters. The van der Waals surface area contributed by atoms with Crippen LogP contribution in [0.2, 0.25) is 0 Å². The van der Waals surface area contributed by atoms with E-state index < -0.39 is 0 Å². The molecule has 2 aromatic heterocycles. The van der Waals surface area contributed by atoms with Crippen molar-refractivity contribution in [2.45, 2.75) is 19.8 Å². The van der Waals surface area contributed by atoms with Gasteiger partial charge in [0.1, 0.15) is 11.4 Å². The summed E-state index contributed by atoms with van der Waals surface area (Å²) < 4.78 is 7.01. The van der Waals surface area contributed by atoms with Gasteiger partial charge < -0.3 is 10.1 Å². The molecule has 2 aromatic carbocycles. The first-order valence-electron chi connectivity index (χ1n) is 9.60. The van der Waals surface area contributed by atoms with Gasteiger partial charge in [0, 0.05) is 10.6 Å². The van der Waals surface area contributed by atoms with Crippen LogP contribution in [0, 0.1) is 6.92 Å². The average molecular weight is 417 g/mol. The molecule has 0 fully saturated rings. The first-order chi connectivity index (χ1) is 14.6. The van der Waals surface area contributed by atoms with Crippen LogP contribution in [0.3, 0.4) is 0 Å². The zero-order chi connectivity index (χ0) is 20.7. The lowest BCUT2D eigenvalue weighted by Gasteiger charge is -2.15. The molecule has 0 aliphatic heterocycles. The number of thiophene rings is 1. The van der Waals surface area contributed by atoms with Crippen LogP contribution in [0.1, 0.15) is 26.6 Å². The molecule has 0 radical (unpaired) electrons. The molecule has 4 aromatic rings. The molecule has 0 bridgehead atoms. The Bertz CT molecular complexity index is 1260. The van der Waals surface area contributed by atoms with Gasteiger partial charge in [0.15, 0.2) is 5.82 Å². The van der Waals surface area contributed by atoms with E-state index in [0.717, 1.165) is 12.8 Å². The summed E-state index contributed by atoms with van der Waals surface area (Å²) in [5, 5.41) is 14.6. The molecule has 8 heteroatoms. The Morgan fingerprint density at radius 3 is 2.77 bits per heavy atom. The normalized spacial score (nSPS) is 12.2. The lowest BCUT2D eigenvalue weighted by atomic mass is 9.91. The van der Waals surface area contributed by atoms with Crippen molar-refractivity contribution < 1.29 is 9.53 Å². The van der Waals surface area contributed by atoms with Gasteiger partial charge in [-0.15, -0.1) is 16.4 Å². The fourth-order valence-electron chi connectivity index (χ4n) is 3.76. The highest BCUT2D eigenvalue weighted by atomic mass is 32.1. The molecule has 30 heavy (non-hydrogen) atoms. The van der Waals surface area contributed by atoms with Gasteiger partial charge in [0.2, 0.25) is 0 Å². The summed E-state index contributed by atoms with van der Waals surface area (Å²) in [6.45, 7) is 1.80. The Labute approximate surface area is 177 Å². The van der Waals surface area contributed by atoms with Gasteiger partial charge in [-0.25, -0.2) is 0 Å². The average Bonchev–Trinajstić information content (AvgIpc) is 3.40. The van der Waals surface area contributed by atoms with E-state index in [1.807, 2.05) is 24.3 Å². The van der Waals surface area contributed by atoms with Gasteiger partial charge in [-0.2, -0.15) is 4.68 Å². The van der Waals surface area contributed by atoms with Crippen molar-refractivity contribution in [2.75, 3.05) is 12.4 Å². The van der Waals surface area contributed by atoms with Gasteiger partial charge in [0.05, 0.1) is 12.0 Å². The van der Waals surface area contributed by atoms with Crippen LogP contribution in [-0.4, -0.2) is 33.2 Å². The summed E-state index contributed by atoms with van der Waals surface area (Å²) in [5.74, 6) is 1.12. The number of methoxy groups -OCH3 is 1. The highest BCUT2D eigenvalue weighted by molar-refractivity contribution is 7.17. The van der Waals surface area contributed by atoms with Gasteiger partial charge in [0.25, 0.3) is 5.91 Å². The van der Waals surface area contributed by atoms with Crippen LogP contribution in [0.25, 0.3) is 16.1 Å². The molecule has 7 nitrogen and oxygen atoms in total. The number of nitrogens with one attached hydrogen (secondary N) is 1. The second-order valence-corrected chi connectivity index (χ2v) is 8.15. The number of carbonyl (C=O) groups is 1. The minimum Gasteiger partial charge on any atom is -0.494 e. The minimum atomic E-state index is -0.128. The van der Waals surface area contributed by atoms with Crippen LogP contribution in [-0.2, 0) is 12.8 Å². The molecule has 0 spiro atoms. The molecule has 0 saturated heterocycles. The molecule has 1 aliphatic carbocycles. The number of aromatic nitrogens is 4. The van der Waals surface area contributed by atoms with Crippen molar-refractivity contribution in [3.05, 3.63) is 70.4 Å². The minimum absolute atomic E-state index is 0.128. The molecule has 150 valence electrons. The number of rotatable bonds is 4. The van der Waals surface area contributed by atoms with Gasteiger partial charge in [-0.05, 0) is 71.1 Å². The molecular weight excluding hydrogens is 398 g/mol. The van der Waals surface area contributed by atoms with E-state index in [0.29, 0.717) is 27.8 Å². The second kappa shape index (κ2) is 7.38. The van der Waals surface area contributed by atoms with Crippen molar-refractivity contribution in [1.82, 2.24) is 20.2 Å². The maximum atomic E-state index is 13.0. The van der Waals surface area contributed by atoms with E-state index in [1.165, 1.54) is 21.6 Å². The predicted octanol–water partition coefficient (Wildman–Crippen LogP) is 4.06. The third kappa shape index (κ3) is 3.15. The number of amides is 1. The van der Waals surface area contributed by atoms with Crippen LogP contribution < -0.4 is 10.1 Å². The van der Waals surface area contributed by atoms with Crippen LogP contribution >= 0.6 is 11.3 Å². The van der Waals surface area contributed by atoms with E-state index in [2.05, 4.69) is 39.0 Å². The summed E-state index contributed by atoms with van der Waals surface area (Å²) in [7, 11) is 1.59. The Morgan fingerprint density at radius 1 is 1.13 bits per heavy atom. The van der Waals surface area contributed by atoms with Gasteiger partial charge in [-0.3, -0.25) is 4.79 Å². The number of tetrazole rings is 1. The zero-order valence-electron chi connectivity index (χ0n) is 16.5. The summed E-state index contributed by atoms with van der Waals surface area (Å²) in [4.78, 5) is 14.9. The molecule has 2 heterocycles. The van der Waals surface area contributed by atoms with Gasteiger partial charge >= 0.3 is 0 Å². The number of nitrogens with zero attached hydrogens (tertiary/aromatic N) is 4. The Kier molecular flexibility index (Phi) is 4.55. The van der Waals surface area contributed by atoms with Crippen molar-refractivity contribution in [3.63, 3.8) is 0 Å². The van der Waals surface area contributed by atoms with E-state index in [1.54, 1.807) is 36.1 Å².